The summed E-state index contributed by atoms with van der Waals surface area (Å²) in [5.41, 5.74) is 4.53. The van der Waals surface area contributed by atoms with E-state index in [1.54, 1.807) is 6.92 Å². The summed E-state index contributed by atoms with van der Waals surface area (Å²) >= 11 is 1.01. The van der Waals surface area contributed by atoms with Gasteiger partial charge >= 0.3 is 95.9 Å². The number of nitrogens with two attached hydrogens (primary N) is 1. The first-order valence-corrected chi connectivity index (χ1v) is 9.51. The van der Waals surface area contributed by atoms with Crippen LogP contribution in [0.1, 0.15) is 13.3 Å². The number of carboxylic acids is 1. The zero-order chi connectivity index (χ0) is 20.2. The van der Waals surface area contributed by atoms with Gasteiger partial charge < -0.3 is 15.4 Å². The van der Waals surface area contributed by atoms with Gasteiger partial charge in [0.1, 0.15) is 0 Å². The Balaban J connectivity index is -0.0000000711. The summed E-state index contributed by atoms with van der Waals surface area (Å²) in [6.45, 7) is 11.0. The normalized spacial score (nSPS) is 8.00. The van der Waals surface area contributed by atoms with Crippen LogP contribution in [0.4, 0.5) is 0 Å². The van der Waals surface area contributed by atoms with Crippen molar-refractivity contribution in [2.24, 2.45) is 5.73 Å². The van der Waals surface area contributed by atoms with E-state index in [0.717, 1.165) is 43.9 Å². The van der Waals surface area contributed by atoms with Gasteiger partial charge in [-0.3, -0.25) is 4.79 Å². The molecule has 0 aromatic rings. The number of nitrogens with one attached hydrogen (secondary N) is 1. The molecule has 0 aromatic heterocycles. The second kappa shape index (κ2) is 25.8. The molecule has 2 amide bonds. The molecule has 0 unspecified atom stereocenters. The summed E-state index contributed by atoms with van der Waals surface area (Å²) in [6, 6.07) is 0. The largest absolute Gasteiger partial charge is 1.00 e. The second-order valence-electron chi connectivity index (χ2n) is 3.51. The fourth-order valence-corrected chi connectivity index (χ4v) is 1.34. The molecule has 0 heterocycles. The summed E-state index contributed by atoms with van der Waals surface area (Å²) in [4.78, 5) is 28.9. The Kier molecular flexibility index (Phi) is 36.7. The minimum atomic E-state index is -3.92. The molecule has 12 heteroatoms. The van der Waals surface area contributed by atoms with Gasteiger partial charge in [0.15, 0.2) is 0 Å². The van der Waals surface area contributed by atoms with Crippen LogP contribution in [0.15, 0.2) is 38.0 Å². The van der Waals surface area contributed by atoms with E-state index in [1.165, 1.54) is 6.08 Å². The number of amides is 2. The van der Waals surface area contributed by atoms with Crippen molar-refractivity contribution in [2.75, 3.05) is 9.55 Å². The van der Waals surface area contributed by atoms with Crippen molar-refractivity contribution in [2.45, 2.75) is 13.3 Å². The van der Waals surface area contributed by atoms with Crippen LogP contribution in [0, 0.1) is 0 Å². The summed E-state index contributed by atoms with van der Waals surface area (Å²) in [7, 11) is -3.92. The monoisotopic (exact) mass is 396 g/mol. The van der Waals surface area contributed by atoms with Crippen molar-refractivity contribution in [3.05, 3.63) is 38.0 Å². The number of carbonyl (C=O) groups excluding carboxylic acids is 2. The van der Waals surface area contributed by atoms with Crippen LogP contribution in [-0.2, 0) is 24.5 Å². The van der Waals surface area contributed by atoms with Gasteiger partial charge in [-0.2, -0.15) is 0 Å². The van der Waals surface area contributed by atoms with E-state index in [9.17, 15) is 27.4 Å². The van der Waals surface area contributed by atoms with Gasteiger partial charge in [0, 0.05) is 11.8 Å². The molecule has 4 N–H and O–H groups in total. The molecular weight excluding hydrogens is 374 g/mol. The third-order valence-corrected chi connectivity index (χ3v) is 2.63. The van der Waals surface area contributed by atoms with Crippen LogP contribution < -0.4 is 40.6 Å². The third-order valence-electron chi connectivity index (χ3n) is 1.37. The Morgan fingerprint density at radius 2 is 1.56 bits per heavy atom. The van der Waals surface area contributed by atoms with Gasteiger partial charge in [0.2, 0.25) is 5.91 Å². The Morgan fingerprint density at radius 3 is 1.60 bits per heavy atom. The minimum Gasteiger partial charge on any atom is -0.748 e. The number of rotatable bonds is 6. The molecular formula is C13H22N2Na2O7S. The van der Waals surface area contributed by atoms with Crippen molar-refractivity contribution < 1.29 is 62.0 Å². The maximum atomic E-state index is 10.2. The summed E-state index contributed by atoms with van der Waals surface area (Å²) in [5.74, 6) is -1.78. The predicted molar refractivity (Wildman–Crippen MR) is 91.0 cm³/mol. The second-order valence-corrected chi connectivity index (χ2v) is 5.74. The van der Waals surface area contributed by atoms with E-state index < -0.39 is 22.0 Å². The zero-order valence-electron chi connectivity index (χ0n) is 14.9. The van der Waals surface area contributed by atoms with Crippen LogP contribution in [0.3, 0.4) is 0 Å². The minimum absolute atomic E-state index is 0. The Morgan fingerprint density at radius 1 is 1.20 bits per heavy atom. The first-order chi connectivity index (χ1) is 10.9. The average Bonchev–Trinajstić information content (AvgIpc) is 2.48. The fourth-order valence-electron chi connectivity index (χ4n) is 0.496. The molecule has 0 atom stereocenters. The maximum Gasteiger partial charge on any atom is 1.00 e. The number of carboxylic acid groups (broad SMARTS) is 1. The van der Waals surface area contributed by atoms with E-state index in [4.69, 9.17) is 5.11 Å². The molecule has 134 valence electrons. The smallest absolute Gasteiger partial charge is 0.748 e. The molecule has 0 bridgehead atoms. The van der Waals surface area contributed by atoms with Gasteiger partial charge in [-0.05, 0) is 12.5 Å². The fraction of sp³-hybridized carbons (Fsp3) is 0.308. The van der Waals surface area contributed by atoms with Gasteiger partial charge in [-0.15, -0.1) is 0 Å². The molecule has 0 aliphatic heterocycles. The van der Waals surface area contributed by atoms with Crippen molar-refractivity contribution >= 4 is 55.8 Å². The molecule has 0 radical (unpaired) electrons. The molecule has 0 aliphatic carbocycles. The van der Waals surface area contributed by atoms with Crippen molar-refractivity contribution in [3.8, 4) is 0 Å². The SMILES string of the molecule is C=CC(=O)N[CH2][Na].C=CC(=O)O.C=CC(N)=O.CCCS(=O)(=O)[O-].[Na+]. The first-order valence-electron chi connectivity index (χ1n) is 6.52. The predicted octanol–water partition coefficient (Wildman–Crippen LogP) is -3.73. The molecule has 9 nitrogen and oxygen atoms in total. The van der Waals surface area contributed by atoms with E-state index in [0.29, 0.717) is 6.42 Å². The molecule has 0 aliphatic rings. The average molecular weight is 396 g/mol. The van der Waals surface area contributed by atoms with Crippen LogP contribution in [0.5, 0.6) is 0 Å². The number of primary amides is 1. The van der Waals surface area contributed by atoms with Gasteiger partial charge in [-0.1, -0.05) is 20.1 Å². The number of aliphatic carboxylic acids is 1. The van der Waals surface area contributed by atoms with Crippen molar-refractivity contribution in [3.63, 3.8) is 0 Å². The topological polar surface area (TPSA) is 167 Å². The van der Waals surface area contributed by atoms with Crippen molar-refractivity contribution in [1.29, 1.82) is 0 Å². The Bertz CT molecular complexity index is 491. The summed E-state index contributed by atoms with van der Waals surface area (Å²) in [6.07, 6.45) is 3.57. The van der Waals surface area contributed by atoms with Crippen molar-refractivity contribution in [1.82, 2.24) is 5.32 Å². The Hall–Kier alpha value is -0.460. The molecule has 0 saturated carbocycles. The molecule has 0 fully saturated rings. The van der Waals surface area contributed by atoms with E-state index in [2.05, 4.69) is 30.8 Å². The van der Waals surface area contributed by atoms with Crippen LogP contribution in [0.25, 0.3) is 0 Å². The molecule has 0 aromatic carbocycles. The van der Waals surface area contributed by atoms with E-state index >= 15 is 0 Å². The third kappa shape index (κ3) is 69.5. The number of hydrogen-bond acceptors (Lipinski definition) is 6. The van der Waals surface area contributed by atoms with Gasteiger partial charge in [0.25, 0.3) is 0 Å². The number of hydrogen-bond donors (Lipinski definition) is 3. The number of carbonyl (C=O) groups is 3. The van der Waals surface area contributed by atoms with Crippen LogP contribution in [0.2, 0.25) is 0 Å². The van der Waals surface area contributed by atoms with E-state index in [-0.39, 0.29) is 41.2 Å². The maximum absolute atomic E-state index is 10.2. The summed E-state index contributed by atoms with van der Waals surface area (Å²) < 4.78 is 29.8. The molecule has 0 spiro atoms. The standard InChI is InChI=1S/C4H6NO.C3H5NO.C3H8O3S.C3H4O2.2Na/c1-3-4(6)5-2;1-2-3(4)5;1-2-3-7(4,5)6;1-2-3(4)5;;/h3H,1-2H2,(H,5,6);2H,1H2,(H2,4,5);2-3H2,1H3,(H,4,5,6);2H,1H2,(H,4,5);;/q;;;;;+1/p-1. The molecule has 0 saturated heterocycles. The molecule has 0 rings (SSSR count). The van der Waals surface area contributed by atoms with Crippen LogP contribution in [-0.4, -0.2) is 73.3 Å². The van der Waals surface area contributed by atoms with Crippen LogP contribution >= 0.6 is 0 Å². The summed E-state index contributed by atoms with van der Waals surface area (Å²) in [5, 5.41) is 10.2. The van der Waals surface area contributed by atoms with Gasteiger partial charge in [-0.25, -0.2) is 13.2 Å². The first kappa shape index (κ1) is 35.6. The van der Waals surface area contributed by atoms with Gasteiger partial charge in [0.05, 0.1) is 10.1 Å². The zero-order valence-corrected chi connectivity index (χ0v) is 19.7. The Labute approximate surface area is 188 Å². The molecule has 25 heavy (non-hydrogen) atoms. The van der Waals surface area contributed by atoms with E-state index in [1.807, 2.05) is 0 Å². The quantitative estimate of drug-likeness (QED) is 0.236.